The molecule has 2 fully saturated rings. The molecule has 1 amide bonds. The second kappa shape index (κ2) is 10.6. The summed E-state index contributed by atoms with van der Waals surface area (Å²) < 4.78 is 42.6. The quantitative estimate of drug-likeness (QED) is 0.701. The molecule has 0 unspecified atom stereocenters. The Morgan fingerprint density at radius 1 is 1.25 bits per heavy atom. The Hall–Kier alpha value is -2.99. The van der Waals surface area contributed by atoms with Crippen molar-refractivity contribution in [2.75, 3.05) is 26.2 Å². The number of aliphatic carboxylic acids is 1. The van der Waals surface area contributed by atoms with Gasteiger partial charge in [0.1, 0.15) is 0 Å². The van der Waals surface area contributed by atoms with E-state index in [1.165, 1.54) is 6.20 Å². The summed E-state index contributed by atoms with van der Waals surface area (Å²) in [6, 6.07) is 7.58. The zero-order valence-electron chi connectivity index (χ0n) is 17.0. The first-order chi connectivity index (χ1) is 15.2. The van der Waals surface area contributed by atoms with Gasteiger partial charge in [0.15, 0.2) is 0 Å². The van der Waals surface area contributed by atoms with Gasteiger partial charge in [-0.1, -0.05) is 11.2 Å². The molecule has 2 aliphatic rings. The number of fused-ring (bicyclic) bond motifs is 1. The maximum Gasteiger partial charge on any atom is 0.490 e. The number of carbonyl (C=O) groups excluding carboxylic acids is 1. The Labute approximate surface area is 181 Å². The van der Waals surface area contributed by atoms with Gasteiger partial charge in [-0.2, -0.15) is 13.2 Å². The van der Waals surface area contributed by atoms with E-state index in [4.69, 9.17) is 19.2 Å². The molecule has 0 saturated carbocycles. The van der Waals surface area contributed by atoms with Crippen LogP contribution in [0.3, 0.4) is 0 Å². The van der Waals surface area contributed by atoms with Crippen LogP contribution < -0.4 is 5.32 Å². The van der Waals surface area contributed by atoms with Crippen LogP contribution in [-0.2, 0) is 16.1 Å². The van der Waals surface area contributed by atoms with Crippen LogP contribution >= 0.6 is 0 Å². The molecule has 2 aromatic rings. The lowest BCUT2D eigenvalue weighted by Crippen LogP contribution is -2.45. The number of likely N-dealkylation sites (tertiary alicyclic amines) is 1. The summed E-state index contributed by atoms with van der Waals surface area (Å²) in [5.74, 6) is -1.76. The van der Waals surface area contributed by atoms with E-state index in [0.29, 0.717) is 18.4 Å². The Kier molecular flexibility index (Phi) is 7.80. The number of hydrogen-bond acceptors (Lipinski definition) is 7. The number of pyridine rings is 1. The lowest BCUT2D eigenvalue weighted by atomic mass is 9.84. The van der Waals surface area contributed by atoms with Crippen molar-refractivity contribution in [3.63, 3.8) is 0 Å². The van der Waals surface area contributed by atoms with Crippen LogP contribution in [0.15, 0.2) is 41.2 Å². The third-order valence-corrected chi connectivity index (χ3v) is 5.37. The minimum Gasteiger partial charge on any atom is -0.475 e. The fourth-order valence-electron chi connectivity index (χ4n) is 3.79. The number of halogens is 3. The maximum atomic E-state index is 12.0. The molecule has 2 N–H and O–H groups in total. The maximum absolute atomic E-state index is 12.0. The average Bonchev–Trinajstić information content (AvgIpc) is 3.43. The van der Waals surface area contributed by atoms with E-state index in [1.807, 2.05) is 18.3 Å². The topological polar surface area (TPSA) is 118 Å². The van der Waals surface area contributed by atoms with Crippen molar-refractivity contribution in [3.05, 3.63) is 48.1 Å². The van der Waals surface area contributed by atoms with E-state index >= 15 is 0 Å². The van der Waals surface area contributed by atoms with Crippen LogP contribution in [-0.4, -0.2) is 70.5 Å². The molecule has 4 heterocycles. The Balaban J connectivity index is 0.000000360. The van der Waals surface area contributed by atoms with E-state index in [1.54, 1.807) is 6.07 Å². The van der Waals surface area contributed by atoms with Gasteiger partial charge in [-0.3, -0.25) is 14.7 Å². The SMILES string of the molecule is O=C(NC[C@H]1OC[C@@H]2CCN(Cc3ccccn3)C[C@@H]21)c1ccno1.O=C(O)C(F)(F)F. The van der Waals surface area contributed by atoms with Crippen LogP contribution in [0.2, 0.25) is 0 Å². The summed E-state index contributed by atoms with van der Waals surface area (Å²) >= 11 is 0. The number of piperidine rings is 1. The summed E-state index contributed by atoms with van der Waals surface area (Å²) in [6.45, 7) is 4.19. The number of alkyl halides is 3. The van der Waals surface area contributed by atoms with Gasteiger partial charge in [-0.25, -0.2) is 4.79 Å². The number of carbonyl (C=O) groups is 2. The fraction of sp³-hybridized carbons (Fsp3) is 0.500. The summed E-state index contributed by atoms with van der Waals surface area (Å²) in [5.41, 5.74) is 1.09. The Bertz CT molecular complexity index is 879. The van der Waals surface area contributed by atoms with Crippen molar-refractivity contribution in [2.24, 2.45) is 11.8 Å². The van der Waals surface area contributed by atoms with Gasteiger partial charge in [0.25, 0.3) is 5.91 Å². The summed E-state index contributed by atoms with van der Waals surface area (Å²) in [5, 5.41) is 13.6. The molecule has 9 nitrogen and oxygen atoms in total. The second-order valence-electron chi connectivity index (χ2n) is 7.53. The number of nitrogens with zero attached hydrogens (tertiary/aromatic N) is 3. The highest BCUT2D eigenvalue weighted by Gasteiger charge is 2.41. The van der Waals surface area contributed by atoms with Gasteiger partial charge in [-0.05, 0) is 31.0 Å². The van der Waals surface area contributed by atoms with Crippen molar-refractivity contribution < 1.29 is 37.1 Å². The molecule has 12 heteroatoms. The normalized spacial score (nSPS) is 23.0. The number of rotatable bonds is 5. The van der Waals surface area contributed by atoms with Crippen molar-refractivity contribution in [1.82, 2.24) is 20.4 Å². The standard InChI is InChI=1S/C18H22N4O3.C2HF3O2/c23-18(16-4-7-21-25-16)20-9-17-15-11-22(8-5-13(15)12-24-17)10-14-3-1-2-6-19-14;3-2(4,5)1(6)7/h1-4,6-7,13,15,17H,5,8-12H2,(H,20,23);(H,6,7)/t13-,15-,17+;/m0./s1. The highest BCUT2D eigenvalue weighted by molar-refractivity contribution is 5.91. The average molecular weight is 456 g/mol. The van der Waals surface area contributed by atoms with Gasteiger partial charge in [0, 0.05) is 37.8 Å². The second-order valence-corrected chi connectivity index (χ2v) is 7.53. The Morgan fingerprint density at radius 3 is 2.66 bits per heavy atom. The lowest BCUT2D eigenvalue weighted by Gasteiger charge is -2.35. The van der Waals surface area contributed by atoms with Crippen molar-refractivity contribution >= 4 is 11.9 Å². The van der Waals surface area contributed by atoms with Crippen LogP contribution in [0.1, 0.15) is 22.7 Å². The molecule has 0 spiro atoms. The summed E-state index contributed by atoms with van der Waals surface area (Å²) in [4.78, 5) is 27.8. The molecule has 32 heavy (non-hydrogen) atoms. The highest BCUT2D eigenvalue weighted by Crippen LogP contribution is 2.34. The molecule has 2 saturated heterocycles. The predicted molar refractivity (Wildman–Crippen MR) is 103 cm³/mol. The predicted octanol–water partition coefficient (Wildman–Crippen LogP) is 1.97. The summed E-state index contributed by atoms with van der Waals surface area (Å²) in [6.07, 6.45) is -0.608. The molecule has 0 bridgehead atoms. The Morgan fingerprint density at radius 2 is 2.03 bits per heavy atom. The lowest BCUT2D eigenvalue weighted by molar-refractivity contribution is -0.192. The van der Waals surface area contributed by atoms with E-state index in [9.17, 15) is 18.0 Å². The molecule has 4 rings (SSSR count). The molecule has 3 atom stereocenters. The monoisotopic (exact) mass is 456 g/mol. The van der Waals surface area contributed by atoms with E-state index in [-0.39, 0.29) is 17.8 Å². The van der Waals surface area contributed by atoms with Gasteiger partial charge in [0.05, 0.1) is 24.6 Å². The molecule has 2 aliphatic heterocycles. The third kappa shape index (κ3) is 6.50. The molecular formula is C20H23F3N4O5. The van der Waals surface area contributed by atoms with Gasteiger partial charge in [-0.15, -0.1) is 0 Å². The van der Waals surface area contributed by atoms with Crippen LogP contribution in [0.4, 0.5) is 13.2 Å². The number of aromatic nitrogens is 2. The van der Waals surface area contributed by atoms with Crippen molar-refractivity contribution in [3.8, 4) is 0 Å². The fourth-order valence-corrected chi connectivity index (χ4v) is 3.79. The number of ether oxygens (including phenoxy) is 1. The minimum absolute atomic E-state index is 0.0448. The molecule has 0 aliphatic carbocycles. The van der Waals surface area contributed by atoms with E-state index in [2.05, 4.69) is 26.4 Å². The largest absolute Gasteiger partial charge is 0.490 e. The highest BCUT2D eigenvalue weighted by atomic mass is 19.4. The number of hydrogen-bond donors (Lipinski definition) is 2. The van der Waals surface area contributed by atoms with Crippen LogP contribution in [0.25, 0.3) is 0 Å². The number of carboxylic acids is 1. The molecule has 0 aromatic carbocycles. The number of nitrogens with one attached hydrogen (secondary N) is 1. The molecule has 174 valence electrons. The van der Waals surface area contributed by atoms with Gasteiger partial charge in [0.2, 0.25) is 5.76 Å². The smallest absolute Gasteiger partial charge is 0.475 e. The number of amides is 1. The zero-order chi connectivity index (χ0) is 23.1. The first kappa shape index (κ1) is 23.7. The minimum atomic E-state index is -5.08. The van der Waals surface area contributed by atoms with E-state index in [0.717, 1.165) is 38.4 Å². The number of carboxylic acid groups (broad SMARTS) is 1. The third-order valence-electron chi connectivity index (χ3n) is 5.37. The van der Waals surface area contributed by atoms with Crippen LogP contribution in [0.5, 0.6) is 0 Å². The summed E-state index contributed by atoms with van der Waals surface area (Å²) in [7, 11) is 0. The van der Waals surface area contributed by atoms with Gasteiger partial charge < -0.3 is 19.7 Å². The zero-order valence-corrected chi connectivity index (χ0v) is 17.0. The van der Waals surface area contributed by atoms with E-state index < -0.39 is 12.1 Å². The van der Waals surface area contributed by atoms with Crippen molar-refractivity contribution in [2.45, 2.75) is 25.2 Å². The molecule has 0 radical (unpaired) electrons. The molecular weight excluding hydrogens is 433 g/mol. The first-order valence-corrected chi connectivity index (χ1v) is 9.97. The first-order valence-electron chi connectivity index (χ1n) is 9.97. The van der Waals surface area contributed by atoms with Crippen molar-refractivity contribution in [1.29, 1.82) is 0 Å². The van der Waals surface area contributed by atoms with Gasteiger partial charge >= 0.3 is 12.1 Å². The molecule has 2 aromatic heterocycles. The van der Waals surface area contributed by atoms with Crippen LogP contribution in [0, 0.1) is 11.8 Å².